The molecule has 1 aliphatic heterocycles. The second kappa shape index (κ2) is 14.8. The fraction of sp³-hybridized carbons (Fsp3) is 0.286. The number of hydrogen-bond donors (Lipinski definition) is 2. The van der Waals surface area contributed by atoms with Crippen LogP contribution in [0.5, 0.6) is 0 Å². The van der Waals surface area contributed by atoms with E-state index < -0.39 is 0 Å². The number of nitrogens with zero attached hydrogens (tertiary/aromatic N) is 2. The first-order valence-electron chi connectivity index (χ1n) is 11.7. The van der Waals surface area contributed by atoms with Crippen molar-refractivity contribution in [3.8, 4) is 0 Å². The van der Waals surface area contributed by atoms with Crippen molar-refractivity contribution in [3.63, 3.8) is 0 Å². The van der Waals surface area contributed by atoms with E-state index in [1.165, 1.54) is 27.0 Å². The second-order valence-electron chi connectivity index (χ2n) is 7.75. The molecule has 2 aromatic carbocycles. The van der Waals surface area contributed by atoms with Crippen LogP contribution in [0.2, 0.25) is 0 Å². The molecule has 34 heavy (non-hydrogen) atoms. The lowest BCUT2D eigenvalue weighted by Crippen LogP contribution is -2.48. The number of anilines is 1. The Hall–Kier alpha value is -3.22. The summed E-state index contributed by atoms with van der Waals surface area (Å²) in [7, 11) is 3.75. The van der Waals surface area contributed by atoms with Gasteiger partial charge in [-0.2, -0.15) is 4.57 Å². The number of quaternary nitrogens is 1. The highest BCUT2D eigenvalue weighted by Crippen LogP contribution is 2.32. The molecule has 6 heteroatoms. The van der Waals surface area contributed by atoms with Gasteiger partial charge in [0.15, 0.2) is 0 Å². The number of carbonyl (C=O) groups excluding carboxylic acids is 1. The monoisotopic (exact) mass is 478 g/mol. The van der Waals surface area contributed by atoms with Crippen LogP contribution in [0.1, 0.15) is 32.3 Å². The minimum Gasteiger partial charge on any atom is -0.359 e. The van der Waals surface area contributed by atoms with Crippen molar-refractivity contribution in [1.82, 2.24) is 5.32 Å². The Morgan fingerprint density at radius 2 is 1.88 bits per heavy atom. The molecular weight excluding hydrogens is 440 g/mol. The van der Waals surface area contributed by atoms with E-state index in [4.69, 9.17) is 0 Å². The number of thiazole rings is 1. The standard InChI is InChI=1S/C18H22N2O.C8H8NS.C2H7N/c1-3-4-8-15-12-14-20(13-7-11-18(21)19-2)17-10-6-5-9-16(15)17;1-9-6-10-8-5-3-2-4-7(8)9;1-2-3/h3-6,8-10,12,14H,7,11,13H2,1-2H3,(H,19,21);2-6H,1H3;2-3H2,1H3/q;+1;/p+1/b4-3+,15-8+;;. The minimum atomic E-state index is 0.0953. The number of carbonyl (C=O) groups is 1. The Bertz CT molecular complexity index is 1130. The van der Waals surface area contributed by atoms with Crippen molar-refractivity contribution in [2.24, 2.45) is 7.05 Å². The first-order chi connectivity index (χ1) is 16.5. The number of rotatable bonds is 5. The van der Waals surface area contributed by atoms with Gasteiger partial charge in [-0.3, -0.25) is 4.79 Å². The lowest BCUT2D eigenvalue weighted by atomic mass is 9.99. The molecule has 1 amide bonds. The van der Waals surface area contributed by atoms with Crippen molar-refractivity contribution in [2.75, 3.05) is 25.0 Å². The van der Waals surface area contributed by atoms with Gasteiger partial charge in [-0.1, -0.05) is 59.9 Å². The molecule has 5 nitrogen and oxygen atoms in total. The molecule has 180 valence electrons. The van der Waals surface area contributed by atoms with Crippen LogP contribution in [-0.4, -0.2) is 26.0 Å². The van der Waals surface area contributed by atoms with E-state index in [-0.39, 0.29) is 5.91 Å². The average Bonchev–Trinajstić information content (AvgIpc) is 3.25. The van der Waals surface area contributed by atoms with Crippen LogP contribution in [0.4, 0.5) is 5.69 Å². The van der Waals surface area contributed by atoms with E-state index in [2.05, 4.69) is 106 Å². The number of fused-ring (bicyclic) bond motifs is 2. The van der Waals surface area contributed by atoms with Crippen LogP contribution < -0.4 is 20.5 Å². The molecule has 3 aromatic rings. The number of amides is 1. The predicted molar refractivity (Wildman–Crippen MR) is 145 cm³/mol. The number of nitrogens with one attached hydrogen (secondary N) is 1. The Labute approximate surface area is 207 Å². The maximum atomic E-state index is 11.3. The summed E-state index contributed by atoms with van der Waals surface area (Å²) in [5, 5.41) is 2.66. The summed E-state index contributed by atoms with van der Waals surface area (Å²) in [6, 6.07) is 16.8. The molecule has 0 atom stereocenters. The van der Waals surface area contributed by atoms with E-state index >= 15 is 0 Å². The van der Waals surface area contributed by atoms with E-state index in [9.17, 15) is 4.79 Å². The third-order valence-corrected chi connectivity index (χ3v) is 6.11. The Morgan fingerprint density at radius 3 is 2.59 bits per heavy atom. The maximum absolute atomic E-state index is 11.3. The van der Waals surface area contributed by atoms with Crippen molar-refractivity contribution >= 4 is 38.7 Å². The fourth-order valence-electron chi connectivity index (χ4n) is 3.42. The molecule has 0 unspecified atom stereocenters. The quantitative estimate of drug-likeness (QED) is 0.531. The minimum absolute atomic E-state index is 0.0953. The Balaban J connectivity index is 0.000000258. The van der Waals surface area contributed by atoms with Crippen LogP contribution in [0.25, 0.3) is 15.8 Å². The number of allylic oxidation sites excluding steroid dienone is 5. The summed E-state index contributed by atoms with van der Waals surface area (Å²) in [6.45, 7) is 5.87. The molecule has 0 saturated carbocycles. The first kappa shape index (κ1) is 27.0. The molecule has 0 radical (unpaired) electrons. The molecule has 0 fully saturated rings. The van der Waals surface area contributed by atoms with E-state index in [0.717, 1.165) is 19.5 Å². The van der Waals surface area contributed by atoms with Crippen LogP contribution in [-0.2, 0) is 11.8 Å². The molecule has 0 aliphatic carbocycles. The Morgan fingerprint density at radius 1 is 1.18 bits per heavy atom. The van der Waals surface area contributed by atoms with Gasteiger partial charge in [0.25, 0.3) is 0 Å². The SMILES string of the molecule is C/C=C/C=C1\C=CN(CCCC(=O)NC)c2ccccc21.CC[NH3+].C[n+]1csc2ccccc21. The van der Waals surface area contributed by atoms with Gasteiger partial charge in [0.2, 0.25) is 16.9 Å². The smallest absolute Gasteiger partial charge is 0.225 e. The zero-order valence-electron chi connectivity index (χ0n) is 20.8. The van der Waals surface area contributed by atoms with E-state index in [1.807, 2.05) is 19.9 Å². The lowest BCUT2D eigenvalue weighted by Gasteiger charge is -2.27. The summed E-state index contributed by atoms with van der Waals surface area (Å²) in [6.07, 6.45) is 11.8. The predicted octanol–water partition coefficient (Wildman–Crippen LogP) is 4.48. The molecule has 1 aliphatic rings. The number of benzene rings is 2. The van der Waals surface area contributed by atoms with Crippen LogP contribution in [0.15, 0.2) is 84.5 Å². The summed E-state index contributed by atoms with van der Waals surface area (Å²) in [4.78, 5) is 13.5. The van der Waals surface area contributed by atoms with Crippen LogP contribution >= 0.6 is 11.3 Å². The van der Waals surface area contributed by atoms with Gasteiger partial charge in [0.1, 0.15) is 11.7 Å². The fourth-order valence-corrected chi connectivity index (χ4v) is 4.30. The number of para-hydroxylation sites is 2. The van der Waals surface area contributed by atoms with Crippen molar-refractivity contribution < 1.29 is 15.1 Å². The zero-order valence-corrected chi connectivity index (χ0v) is 21.6. The summed E-state index contributed by atoms with van der Waals surface area (Å²) >= 11 is 1.78. The number of aryl methyl sites for hydroxylation is 1. The van der Waals surface area contributed by atoms with Gasteiger partial charge in [0.05, 0.1) is 6.54 Å². The van der Waals surface area contributed by atoms with Gasteiger partial charge in [-0.05, 0) is 44.1 Å². The first-order valence-corrected chi connectivity index (χ1v) is 12.6. The van der Waals surface area contributed by atoms with Gasteiger partial charge in [0, 0.05) is 43.5 Å². The lowest BCUT2D eigenvalue weighted by molar-refractivity contribution is -0.640. The van der Waals surface area contributed by atoms with E-state index in [1.54, 1.807) is 18.4 Å². The zero-order chi connectivity index (χ0) is 24.8. The summed E-state index contributed by atoms with van der Waals surface area (Å²) < 4.78 is 3.49. The largest absolute Gasteiger partial charge is 0.359 e. The molecule has 4 rings (SSSR count). The topological polar surface area (TPSA) is 63.9 Å². The highest BCUT2D eigenvalue weighted by Gasteiger charge is 2.15. The maximum Gasteiger partial charge on any atom is 0.225 e. The molecule has 2 heterocycles. The Kier molecular flexibility index (Phi) is 11.8. The molecule has 4 N–H and O–H groups in total. The van der Waals surface area contributed by atoms with Gasteiger partial charge < -0.3 is 16.0 Å². The third-order valence-electron chi connectivity index (χ3n) is 5.09. The third kappa shape index (κ3) is 7.97. The van der Waals surface area contributed by atoms with Crippen molar-refractivity contribution in [2.45, 2.75) is 26.7 Å². The van der Waals surface area contributed by atoms with Gasteiger partial charge in [-0.25, -0.2) is 0 Å². The summed E-state index contributed by atoms with van der Waals surface area (Å²) in [5.74, 6) is 0.0953. The molecule has 1 aromatic heterocycles. The highest BCUT2D eigenvalue weighted by atomic mass is 32.1. The highest BCUT2D eigenvalue weighted by molar-refractivity contribution is 7.16. The normalized spacial score (nSPS) is 13.2. The molecule has 0 saturated heterocycles. The second-order valence-corrected chi connectivity index (χ2v) is 8.64. The molecule has 0 spiro atoms. The van der Waals surface area contributed by atoms with Crippen LogP contribution in [0, 0.1) is 0 Å². The average molecular weight is 479 g/mol. The number of aromatic nitrogens is 1. The van der Waals surface area contributed by atoms with Gasteiger partial charge >= 0.3 is 0 Å². The molecule has 0 bridgehead atoms. The van der Waals surface area contributed by atoms with Crippen LogP contribution in [0.3, 0.4) is 0 Å². The number of hydrogen-bond acceptors (Lipinski definition) is 3. The van der Waals surface area contributed by atoms with Crippen molar-refractivity contribution in [1.29, 1.82) is 0 Å². The molecular formula is C28H38N4OS+2. The summed E-state index contributed by atoms with van der Waals surface area (Å²) in [5.41, 5.74) is 10.6. The van der Waals surface area contributed by atoms with E-state index in [0.29, 0.717) is 6.42 Å². The van der Waals surface area contributed by atoms with Gasteiger partial charge in [-0.15, -0.1) is 0 Å². The van der Waals surface area contributed by atoms with Crippen molar-refractivity contribution in [3.05, 3.63) is 90.1 Å².